The lowest BCUT2D eigenvalue weighted by molar-refractivity contribution is 0.0342. The van der Waals surface area contributed by atoms with Crippen LogP contribution in [0.1, 0.15) is 17.3 Å². The highest BCUT2D eigenvalue weighted by atomic mass is 16.5. The number of carbonyl (C=O) groups excluding carboxylic acids is 1. The Kier molecular flexibility index (Phi) is 4.17. The zero-order chi connectivity index (χ0) is 12.1. The van der Waals surface area contributed by atoms with Crippen LogP contribution in [0, 0.1) is 0 Å². The zero-order valence-corrected chi connectivity index (χ0v) is 10.0. The Hall–Kier alpha value is -1.33. The molecule has 0 unspecified atom stereocenters. The van der Waals surface area contributed by atoms with Crippen molar-refractivity contribution < 1.29 is 13.9 Å². The van der Waals surface area contributed by atoms with E-state index in [2.05, 4.69) is 10.2 Å². The maximum absolute atomic E-state index is 11.7. The highest BCUT2D eigenvalue weighted by Crippen LogP contribution is 2.02. The molecule has 0 saturated carbocycles. The molecule has 0 aliphatic carbocycles. The molecule has 2 rings (SSSR count). The van der Waals surface area contributed by atoms with Crippen molar-refractivity contribution in [2.24, 2.45) is 0 Å². The second kappa shape index (κ2) is 5.84. The SMILES string of the molecule is C[C@@H](CN1CCOCC1)NC(=O)c1ccoc1. The Labute approximate surface area is 101 Å². The first-order valence-corrected chi connectivity index (χ1v) is 5.89. The number of amides is 1. The van der Waals surface area contributed by atoms with Crippen LogP contribution in [-0.4, -0.2) is 49.7 Å². The standard InChI is InChI=1S/C12H18N2O3/c1-10(8-14-3-6-16-7-4-14)13-12(15)11-2-5-17-9-11/h2,5,9-10H,3-4,6-8H2,1H3,(H,13,15)/t10-/m0/s1. The lowest BCUT2D eigenvalue weighted by Gasteiger charge is -2.29. The van der Waals surface area contributed by atoms with Gasteiger partial charge in [-0.1, -0.05) is 0 Å². The number of hydrogen-bond donors (Lipinski definition) is 1. The summed E-state index contributed by atoms with van der Waals surface area (Å²) in [6.07, 6.45) is 2.96. The van der Waals surface area contributed by atoms with E-state index < -0.39 is 0 Å². The number of nitrogens with zero attached hydrogens (tertiary/aromatic N) is 1. The second-order valence-electron chi connectivity index (χ2n) is 4.30. The van der Waals surface area contributed by atoms with Crippen molar-refractivity contribution in [1.29, 1.82) is 0 Å². The number of nitrogens with one attached hydrogen (secondary N) is 1. The minimum atomic E-state index is -0.0838. The maximum atomic E-state index is 11.7. The number of furan rings is 1. The summed E-state index contributed by atoms with van der Waals surface area (Å²) in [4.78, 5) is 14.0. The molecule has 2 heterocycles. The van der Waals surface area contributed by atoms with Crippen LogP contribution in [-0.2, 0) is 4.74 Å². The number of rotatable bonds is 4. The van der Waals surface area contributed by atoms with Gasteiger partial charge in [-0.2, -0.15) is 0 Å². The third-order valence-electron chi connectivity index (χ3n) is 2.80. The van der Waals surface area contributed by atoms with E-state index in [-0.39, 0.29) is 11.9 Å². The molecule has 1 aliphatic rings. The molecule has 1 amide bonds. The van der Waals surface area contributed by atoms with Crippen LogP contribution >= 0.6 is 0 Å². The summed E-state index contributed by atoms with van der Waals surface area (Å²) in [6, 6.07) is 1.78. The first-order valence-electron chi connectivity index (χ1n) is 5.89. The van der Waals surface area contributed by atoms with Crippen molar-refractivity contribution in [1.82, 2.24) is 10.2 Å². The Morgan fingerprint density at radius 3 is 2.94 bits per heavy atom. The van der Waals surface area contributed by atoms with Crippen LogP contribution in [0.2, 0.25) is 0 Å². The van der Waals surface area contributed by atoms with Gasteiger partial charge in [0, 0.05) is 25.7 Å². The molecule has 0 spiro atoms. The van der Waals surface area contributed by atoms with E-state index in [0.717, 1.165) is 32.8 Å². The molecule has 1 atom stereocenters. The summed E-state index contributed by atoms with van der Waals surface area (Å²) in [5.74, 6) is -0.0838. The topological polar surface area (TPSA) is 54.7 Å². The molecule has 1 N–H and O–H groups in total. The third-order valence-corrected chi connectivity index (χ3v) is 2.80. The Bertz CT molecular complexity index is 345. The van der Waals surface area contributed by atoms with E-state index >= 15 is 0 Å². The van der Waals surface area contributed by atoms with Gasteiger partial charge < -0.3 is 14.5 Å². The molecule has 17 heavy (non-hydrogen) atoms. The van der Waals surface area contributed by atoms with Gasteiger partial charge in [0.2, 0.25) is 0 Å². The molecule has 1 aliphatic heterocycles. The van der Waals surface area contributed by atoms with Crippen LogP contribution in [0.15, 0.2) is 23.0 Å². The number of hydrogen-bond acceptors (Lipinski definition) is 4. The smallest absolute Gasteiger partial charge is 0.254 e. The molecule has 0 radical (unpaired) electrons. The van der Waals surface area contributed by atoms with Crippen molar-refractivity contribution in [2.45, 2.75) is 13.0 Å². The summed E-state index contributed by atoms with van der Waals surface area (Å²) in [7, 11) is 0. The second-order valence-corrected chi connectivity index (χ2v) is 4.30. The van der Waals surface area contributed by atoms with E-state index in [9.17, 15) is 4.79 Å². The van der Waals surface area contributed by atoms with E-state index in [1.54, 1.807) is 6.07 Å². The maximum Gasteiger partial charge on any atom is 0.254 e. The van der Waals surface area contributed by atoms with E-state index in [1.807, 2.05) is 6.92 Å². The van der Waals surface area contributed by atoms with Gasteiger partial charge in [-0.05, 0) is 13.0 Å². The van der Waals surface area contributed by atoms with Gasteiger partial charge in [0.25, 0.3) is 5.91 Å². The van der Waals surface area contributed by atoms with Gasteiger partial charge in [0.1, 0.15) is 6.26 Å². The predicted octanol–water partition coefficient (Wildman–Crippen LogP) is 0.730. The summed E-state index contributed by atoms with van der Waals surface area (Å²) in [5, 5.41) is 2.95. The van der Waals surface area contributed by atoms with Crippen LogP contribution in [0.5, 0.6) is 0 Å². The Morgan fingerprint density at radius 2 is 2.29 bits per heavy atom. The minimum Gasteiger partial charge on any atom is -0.472 e. The first-order chi connectivity index (χ1) is 8.25. The summed E-state index contributed by atoms with van der Waals surface area (Å²) < 4.78 is 10.2. The number of morpholine rings is 1. The number of carbonyl (C=O) groups is 1. The summed E-state index contributed by atoms with van der Waals surface area (Å²) >= 11 is 0. The molecule has 5 nitrogen and oxygen atoms in total. The molecule has 1 aromatic heterocycles. The molecule has 1 saturated heterocycles. The molecule has 1 fully saturated rings. The first kappa shape index (κ1) is 12.1. The van der Waals surface area contributed by atoms with Crippen LogP contribution in [0.3, 0.4) is 0 Å². The zero-order valence-electron chi connectivity index (χ0n) is 10.0. The third kappa shape index (κ3) is 3.57. The van der Waals surface area contributed by atoms with Gasteiger partial charge in [0.15, 0.2) is 0 Å². The van der Waals surface area contributed by atoms with E-state index in [1.165, 1.54) is 12.5 Å². The van der Waals surface area contributed by atoms with Gasteiger partial charge in [-0.3, -0.25) is 9.69 Å². The minimum absolute atomic E-state index is 0.0838. The highest BCUT2D eigenvalue weighted by molar-refractivity contribution is 5.93. The highest BCUT2D eigenvalue weighted by Gasteiger charge is 2.16. The molecule has 1 aromatic rings. The molecular formula is C12H18N2O3. The van der Waals surface area contributed by atoms with Gasteiger partial charge in [0.05, 0.1) is 25.0 Å². The van der Waals surface area contributed by atoms with Crippen molar-refractivity contribution in [3.05, 3.63) is 24.2 Å². The van der Waals surface area contributed by atoms with Crippen molar-refractivity contribution in [2.75, 3.05) is 32.8 Å². The monoisotopic (exact) mass is 238 g/mol. The fraction of sp³-hybridized carbons (Fsp3) is 0.583. The van der Waals surface area contributed by atoms with E-state index in [4.69, 9.17) is 9.15 Å². The van der Waals surface area contributed by atoms with Crippen molar-refractivity contribution >= 4 is 5.91 Å². The lowest BCUT2D eigenvalue weighted by atomic mass is 10.2. The normalized spacial score (nSPS) is 18.9. The predicted molar refractivity (Wildman–Crippen MR) is 62.9 cm³/mol. The molecule has 94 valence electrons. The van der Waals surface area contributed by atoms with Crippen LogP contribution in [0.25, 0.3) is 0 Å². The van der Waals surface area contributed by atoms with Crippen molar-refractivity contribution in [3.8, 4) is 0 Å². The average Bonchev–Trinajstić information content (AvgIpc) is 2.83. The molecule has 5 heteroatoms. The quantitative estimate of drug-likeness (QED) is 0.840. The Balaban J connectivity index is 1.76. The van der Waals surface area contributed by atoms with Crippen molar-refractivity contribution in [3.63, 3.8) is 0 Å². The van der Waals surface area contributed by atoms with Gasteiger partial charge >= 0.3 is 0 Å². The molecule has 0 aromatic carbocycles. The Morgan fingerprint density at radius 1 is 1.53 bits per heavy atom. The van der Waals surface area contributed by atoms with Gasteiger partial charge in [-0.15, -0.1) is 0 Å². The molecular weight excluding hydrogens is 220 g/mol. The van der Waals surface area contributed by atoms with E-state index in [0.29, 0.717) is 5.56 Å². The largest absolute Gasteiger partial charge is 0.472 e. The fourth-order valence-electron chi connectivity index (χ4n) is 1.92. The fourth-order valence-corrected chi connectivity index (χ4v) is 1.92. The number of ether oxygens (including phenoxy) is 1. The average molecular weight is 238 g/mol. The van der Waals surface area contributed by atoms with Crippen LogP contribution < -0.4 is 5.32 Å². The summed E-state index contributed by atoms with van der Waals surface area (Å²) in [6.45, 7) is 6.29. The molecule has 0 bridgehead atoms. The lowest BCUT2D eigenvalue weighted by Crippen LogP contribution is -2.45. The summed E-state index contributed by atoms with van der Waals surface area (Å²) in [5.41, 5.74) is 0.568. The van der Waals surface area contributed by atoms with Crippen LogP contribution in [0.4, 0.5) is 0 Å². The van der Waals surface area contributed by atoms with Gasteiger partial charge in [-0.25, -0.2) is 0 Å².